The third kappa shape index (κ3) is 3.85. The quantitative estimate of drug-likeness (QED) is 0.765. The number of para-hydroxylation sites is 2. The first kappa shape index (κ1) is 17.0. The molecule has 0 amide bonds. The van der Waals surface area contributed by atoms with Gasteiger partial charge in [0.25, 0.3) is 0 Å². The molecule has 0 atom stereocenters. The van der Waals surface area contributed by atoms with Gasteiger partial charge in [-0.15, -0.1) is 0 Å². The molecule has 0 radical (unpaired) electrons. The van der Waals surface area contributed by atoms with E-state index in [4.69, 9.17) is 5.10 Å². The Morgan fingerprint density at radius 1 is 1.15 bits per heavy atom. The monoisotopic (exact) mass is 350 g/mol. The van der Waals surface area contributed by atoms with Gasteiger partial charge in [0.05, 0.1) is 35.2 Å². The van der Waals surface area contributed by atoms with E-state index in [9.17, 15) is 0 Å². The summed E-state index contributed by atoms with van der Waals surface area (Å²) in [6, 6.07) is 10.1. The first-order valence-corrected chi connectivity index (χ1v) is 9.41. The Bertz CT molecular complexity index is 885. The van der Waals surface area contributed by atoms with Crippen LogP contribution in [-0.4, -0.2) is 37.7 Å². The molecule has 0 saturated carbocycles. The van der Waals surface area contributed by atoms with Gasteiger partial charge in [0.15, 0.2) is 0 Å². The van der Waals surface area contributed by atoms with E-state index in [0.29, 0.717) is 12.5 Å². The van der Waals surface area contributed by atoms with Crippen LogP contribution in [0.5, 0.6) is 0 Å². The van der Waals surface area contributed by atoms with E-state index >= 15 is 0 Å². The molecule has 0 bridgehead atoms. The Morgan fingerprint density at radius 2 is 2.00 bits per heavy atom. The molecular formula is C20H26N6. The smallest absolute Gasteiger partial charge is 0.145 e. The van der Waals surface area contributed by atoms with Crippen molar-refractivity contribution in [2.45, 2.75) is 39.9 Å². The lowest BCUT2D eigenvalue weighted by Crippen LogP contribution is -2.27. The van der Waals surface area contributed by atoms with Crippen molar-refractivity contribution in [3.05, 3.63) is 47.9 Å². The van der Waals surface area contributed by atoms with Gasteiger partial charge in [-0.1, -0.05) is 26.0 Å². The maximum atomic E-state index is 4.78. The van der Waals surface area contributed by atoms with Gasteiger partial charge in [0.2, 0.25) is 0 Å². The average Bonchev–Trinajstić information content (AvgIpc) is 2.91. The van der Waals surface area contributed by atoms with E-state index in [-0.39, 0.29) is 0 Å². The highest BCUT2D eigenvalue weighted by atomic mass is 15.3. The standard InChI is InChI=1S/C20H26N6/c1-15(2)13-25-8-5-9-26-17(14-25)10-16(24-26)11-22-20-12-21-18-6-3-4-7-19(18)23-20/h3-4,6-7,10,12,15H,5,8-9,11,13-14H2,1-2H3,(H,22,23). The number of aryl methyl sites for hydroxylation is 1. The maximum Gasteiger partial charge on any atom is 0.145 e. The Morgan fingerprint density at radius 3 is 2.85 bits per heavy atom. The maximum absolute atomic E-state index is 4.78. The van der Waals surface area contributed by atoms with Gasteiger partial charge in [-0.3, -0.25) is 14.6 Å². The molecule has 0 unspecified atom stereocenters. The molecule has 2 aromatic heterocycles. The van der Waals surface area contributed by atoms with Gasteiger partial charge in [-0.25, -0.2) is 4.98 Å². The van der Waals surface area contributed by atoms with Gasteiger partial charge in [-0.2, -0.15) is 5.10 Å². The van der Waals surface area contributed by atoms with Gasteiger partial charge >= 0.3 is 0 Å². The average molecular weight is 350 g/mol. The number of rotatable bonds is 5. The topological polar surface area (TPSA) is 58.9 Å². The molecule has 4 rings (SSSR count). The molecule has 3 aromatic rings. The summed E-state index contributed by atoms with van der Waals surface area (Å²) in [6.45, 7) is 9.51. The van der Waals surface area contributed by atoms with Gasteiger partial charge in [-0.05, 0) is 30.5 Å². The first-order valence-electron chi connectivity index (χ1n) is 9.41. The summed E-state index contributed by atoms with van der Waals surface area (Å²) in [7, 11) is 0. The molecule has 0 fully saturated rings. The van der Waals surface area contributed by atoms with Crippen LogP contribution in [-0.2, 0) is 19.6 Å². The van der Waals surface area contributed by atoms with E-state index in [0.717, 1.165) is 55.1 Å². The van der Waals surface area contributed by atoms with Crippen molar-refractivity contribution in [1.29, 1.82) is 0 Å². The van der Waals surface area contributed by atoms with E-state index < -0.39 is 0 Å². The number of aromatic nitrogens is 4. The van der Waals surface area contributed by atoms with Crippen LogP contribution in [0, 0.1) is 5.92 Å². The summed E-state index contributed by atoms with van der Waals surface area (Å²) < 4.78 is 2.17. The molecule has 1 aliphatic heterocycles. The number of anilines is 1. The molecule has 1 N–H and O–H groups in total. The van der Waals surface area contributed by atoms with E-state index in [1.807, 2.05) is 24.3 Å². The van der Waals surface area contributed by atoms with Crippen LogP contribution in [0.4, 0.5) is 5.82 Å². The number of nitrogens with zero attached hydrogens (tertiary/aromatic N) is 5. The summed E-state index contributed by atoms with van der Waals surface area (Å²) >= 11 is 0. The molecule has 0 spiro atoms. The van der Waals surface area contributed by atoms with Crippen LogP contribution >= 0.6 is 0 Å². The normalized spacial score (nSPS) is 15.2. The number of nitrogens with one attached hydrogen (secondary N) is 1. The molecular weight excluding hydrogens is 324 g/mol. The lowest BCUT2D eigenvalue weighted by Gasteiger charge is -2.21. The third-order valence-electron chi connectivity index (χ3n) is 4.67. The lowest BCUT2D eigenvalue weighted by molar-refractivity contribution is 0.239. The number of hydrogen-bond acceptors (Lipinski definition) is 5. The van der Waals surface area contributed by atoms with Gasteiger partial charge < -0.3 is 5.32 Å². The second kappa shape index (κ2) is 7.41. The van der Waals surface area contributed by atoms with Crippen molar-refractivity contribution in [2.75, 3.05) is 18.4 Å². The van der Waals surface area contributed by atoms with Crippen molar-refractivity contribution in [3.8, 4) is 0 Å². The Hall–Kier alpha value is -2.47. The summed E-state index contributed by atoms with van der Waals surface area (Å²) in [5.41, 5.74) is 4.19. The van der Waals surface area contributed by atoms with Gasteiger partial charge in [0, 0.05) is 26.2 Å². The molecule has 6 nitrogen and oxygen atoms in total. The summed E-state index contributed by atoms with van der Waals surface area (Å²) in [5, 5.41) is 8.14. The summed E-state index contributed by atoms with van der Waals surface area (Å²) in [4.78, 5) is 11.6. The second-order valence-electron chi connectivity index (χ2n) is 7.43. The largest absolute Gasteiger partial charge is 0.363 e. The minimum atomic E-state index is 0.664. The van der Waals surface area contributed by atoms with Crippen molar-refractivity contribution >= 4 is 16.9 Å². The molecule has 0 aliphatic carbocycles. The van der Waals surface area contributed by atoms with E-state index in [2.05, 4.69) is 44.8 Å². The second-order valence-corrected chi connectivity index (χ2v) is 7.43. The fourth-order valence-corrected chi connectivity index (χ4v) is 3.57. The zero-order chi connectivity index (χ0) is 17.9. The summed E-state index contributed by atoms with van der Waals surface area (Å²) in [6.07, 6.45) is 2.94. The molecule has 26 heavy (non-hydrogen) atoms. The number of fused-ring (bicyclic) bond motifs is 2. The predicted molar refractivity (Wildman–Crippen MR) is 104 cm³/mol. The molecule has 1 aliphatic rings. The highest BCUT2D eigenvalue weighted by Gasteiger charge is 2.17. The lowest BCUT2D eigenvalue weighted by atomic mass is 10.2. The minimum Gasteiger partial charge on any atom is -0.363 e. The van der Waals surface area contributed by atoms with Crippen LogP contribution in [0.1, 0.15) is 31.7 Å². The highest BCUT2D eigenvalue weighted by Crippen LogP contribution is 2.16. The molecule has 6 heteroatoms. The fourth-order valence-electron chi connectivity index (χ4n) is 3.57. The van der Waals surface area contributed by atoms with Crippen molar-refractivity contribution in [3.63, 3.8) is 0 Å². The Balaban J connectivity index is 1.44. The van der Waals surface area contributed by atoms with Crippen molar-refractivity contribution in [2.24, 2.45) is 5.92 Å². The summed E-state index contributed by atoms with van der Waals surface area (Å²) in [5.74, 6) is 1.48. The molecule has 0 saturated heterocycles. The molecule has 136 valence electrons. The van der Waals surface area contributed by atoms with Crippen LogP contribution < -0.4 is 5.32 Å². The van der Waals surface area contributed by atoms with Crippen molar-refractivity contribution in [1.82, 2.24) is 24.6 Å². The molecule has 1 aromatic carbocycles. The van der Waals surface area contributed by atoms with Crippen molar-refractivity contribution < 1.29 is 0 Å². The first-order chi connectivity index (χ1) is 12.7. The highest BCUT2D eigenvalue weighted by molar-refractivity contribution is 5.75. The predicted octanol–water partition coefficient (Wildman–Crippen LogP) is 3.30. The number of hydrogen-bond donors (Lipinski definition) is 1. The Kier molecular flexibility index (Phi) is 4.84. The third-order valence-corrected chi connectivity index (χ3v) is 4.67. The van der Waals surface area contributed by atoms with E-state index in [1.54, 1.807) is 6.20 Å². The van der Waals surface area contributed by atoms with Crippen LogP contribution in [0.25, 0.3) is 11.0 Å². The Labute approximate surface area is 154 Å². The van der Waals surface area contributed by atoms with Crippen LogP contribution in [0.15, 0.2) is 36.5 Å². The van der Waals surface area contributed by atoms with Gasteiger partial charge in [0.1, 0.15) is 5.82 Å². The SMILES string of the molecule is CC(C)CN1CCCn2nc(CNc3cnc4ccccc4n3)cc2C1. The van der Waals surface area contributed by atoms with Crippen LogP contribution in [0.2, 0.25) is 0 Å². The molecule has 3 heterocycles. The van der Waals surface area contributed by atoms with Crippen LogP contribution in [0.3, 0.4) is 0 Å². The fraction of sp³-hybridized carbons (Fsp3) is 0.450. The van der Waals surface area contributed by atoms with E-state index in [1.165, 1.54) is 5.69 Å². The zero-order valence-corrected chi connectivity index (χ0v) is 15.5. The minimum absolute atomic E-state index is 0.664. The zero-order valence-electron chi connectivity index (χ0n) is 15.5. The number of benzene rings is 1.